The molecule has 0 aromatic carbocycles. The van der Waals surface area contributed by atoms with Gasteiger partial charge < -0.3 is 9.84 Å². The molecule has 0 aliphatic heterocycles. The van der Waals surface area contributed by atoms with Crippen molar-refractivity contribution in [2.75, 3.05) is 19.7 Å². The highest BCUT2D eigenvalue weighted by Crippen LogP contribution is 2.05. The fourth-order valence-corrected chi connectivity index (χ4v) is 2.88. The van der Waals surface area contributed by atoms with Crippen molar-refractivity contribution in [2.45, 2.75) is 44.6 Å². The first kappa shape index (κ1) is 24.5. The van der Waals surface area contributed by atoms with Gasteiger partial charge >= 0.3 is 11.9 Å². The molecule has 152 valence electrons. The number of rotatable bonds is 12. The second-order valence-electron chi connectivity index (χ2n) is 5.87. The Hall–Kier alpha value is -1.50. The van der Waals surface area contributed by atoms with Gasteiger partial charge in [-0.05, 0) is 34.1 Å². The Morgan fingerprint density at radius 2 is 1.42 bits per heavy atom. The van der Waals surface area contributed by atoms with Gasteiger partial charge in [0.2, 0.25) is 20.0 Å². The molecule has 0 bridgehead atoms. The summed E-state index contributed by atoms with van der Waals surface area (Å²) in [5.41, 5.74) is -0.240. The number of aliphatic carboxylic acids is 1. The summed E-state index contributed by atoms with van der Waals surface area (Å²) in [5, 5.41) is 7.49. The minimum atomic E-state index is -3.55. The molecule has 0 aliphatic carbocycles. The van der Waals surface area contributed by atoms with Crippen molar-refractivity contribution in [3.63, 3.8) is 0 Å². The summed E-state index contributed by atoms with van der Waals surface area (Å²) < 4.78 is 55.7. The van der Waals surface area contributed by atoms with Crippen molar-refractivity contribution in [1.82, 2.24) is 9.44 Å². The van der Waals surface area contributed by atoms with Gasteiger partial charge in [0.1, 0.15) is 6.61 Å². The van der Waals surface area contributed by atoms with Gasteiger partial charge in [0.25, 0.3) is 0 Å². The number of carboxylic acids is 1. The Kier molecular flexibility index (Phi) is 9.99. The smallest absolute Gasteiger partial charge is 0.334 e. The van der Waals surface area contributed by atoms with Crippen LogP contribution in [0.2, 0.25) is 0 Å². The largest absolute Gasteiger partial charge is 0.478 e. The molecule has 0 amide bonds. The van der Waals surface area contributed by atoms with Gasteiger partial charge in [-0.25, -0.2) is 35.9 Å². The van der Waals surface area contributed by atoms with E-state index in [-0.39, 0.29) is 31.7 Å². The molecule has 0 spiro atoms. The number of carbonyl (C=O) groups is 2. The molecular formula is C14H26N2O8S2. The zero-order chi connectivity index (χ0) is 20.5. The summed E-state index contributed by atoms with van der Waals surface area (Å²) in [6.45, 7) is 5.30. The van der Waals surface area contributed by atoms with Crippen LogP contribution in [-0.4, -0.2) is 64.1 Å². The molecule has 0 aromatic rings. The Bertz CT molecular complexity index is 724. The van der Waals surface area contributed by atoms with E-state index < -0.39 is 42.5 Å². The number of carbonyl (C=O) groups excluding carboxylic acids is 1. The highest BCUT2D eigenvalue weighted by molar-refractivity contribution is 7.90. The van der Waals surface area contributed by atoms with Gasteiger partial charge in [-0.15, -0.1) is 0 Å². The van der Waals surface area contributed by atoms with E-state index in [4.69, 9.17) is 9.84 Å². The summed E-state index contributed by atoms with van der Waals surface area (Å²) in [5.74, 6) is -2.34. The maximum absolute atomic E-state index is 11.9. The normalized spacial score (nSPS) is 13.2. The SMILES string of the molecule is CC(C)S(=O)(=O)NCCOC(=O)C(=CC(=O)O)CCNS(=O)(=O)C(C)C. The van der Waals surface area contributed by atoms with Crippen LogP contribution < -0.4 is 9.44 Å². The Labute approximate surface area is 154 Å². The third-order valence-corrected chi connectivity index (χ3v) is 6.83. The first-order valence-electron chi connectivity index (χ1n) is 7.87. The highest BCUT2D eigenvalue weighted by atomic mass is 32.2. The molecule has 0 saturated heterocycles. The quantitative estimate of drug-likeness (QED) is 0.221. The molecule has 0 fully saturated rings. The van der Waals surface area contributed by atoms with Crippen molar-refractivity contribution in [1.29, 1.82) is 0 Å². The summed E-state index contributed by atoms with van der Waals surface area (Å²) in [4.78, 5) is 22.7. The van der Waals surface area contributed by atoms with E-state index in [1.807, 2.05) is 0 Å². The number of ether oxygens (including phenoxy) is 1. The van der Waals surface area contributed by atoms with Crippen molar-refractivity contribution >= 4 is 32.0 Å². The van der Waals surface area contributed by atoms with E-state index in [0.717, 1.165) is 0 Å². The Morgan fingerprint density at radius 1 is 0.962 bits per heavy atom. The average molecular weight is 415 g/mol. The van der Waals surface area contributed by atoms with E-state index in [1.54, 1.807) is 0 Å². The minimum absolute atomic E-state index is 0.160. The maximum atomic E-state index is 11.9. The van der Waals surface area contributed by atoms with Gasteiger partial charge in [0.15, 0.2) is 0 Å². The van der Waals surface area contributed by atoms with E-state index in [1.165, 1.54) is 27.7 Å². The number of hydrogen-bond acceptors (Lipinski definition) is 7. The van der Waals surface area contributed by atoms with Crippen molar-refractivity contribution in [3.8, 4) is 0 Å². The van der Waals surface area contributed by atoms with Crippen molar-refractivity contribution in [2.24, 2.45) is 0 Å². The van der Waals surface area contributed by atoms with Gasteiger partial charge in [0.05, 0.1) is 10.5 Å². The lowest BCUT2D eigenvalue weighted by Crippen LogP contribution is -2.34. The van der Waals surface area contributed by atoms with Gasteiger partial charge in [-0.2, -0.15) is 0 Å². The molecule has 0 rings (SSSR count). The Balaban J connectivity index is 4.66. The number of carboxylic acid groups (broad SMARTS) is 1. The lowest BCUT2D eigenvalue weighted by atomic mass is 10.2. The highest BCUT2D eigenvalue weighted by Gasteiger charge is 2.18. The van der Waals surface area contributed by atoms with Crippen molar-refractivity contribution < 1.29 is 36.3 Å². The first-order valence-corrected chi connectivity index (χ1v) is 11.0. The summed E-state index contributed by atoms with van der Waals surface area (Å²) in [6, 6.07) is 0. The lowest BCUT2D eigenvalue weighted by molar-refractivity contribution is -0.140. The van der Waals surface area contributed by atoms with Crippen LogP contribution in [0.1, 0.15) is 34.1 Å². The molecule has 0 aliphatic rings. The molecule has 26 heavy (non-hydrogen) atoms. The van der Waals surface area contributed by atoms with E-state index in [0.29, 0.717) is 6.08 Å². The van der Waals surface area contributed by atoms with E-state index in [2.05, 4.69) is 9.44 Å². The maximum Gasteiger partial charge on any atom is 0.334 e. The number of esters is 1. The van der Waals surface area contributed by atoms with Crippen LogP contribution in [0.15, 0.2) is 11.6 Å². The second-order valence-corrected chi connectivity index (χ2v) is 10.5. The number of sulfonamides is 2. The molecule has 12 heteroatoms. The number of hydrogen-bond donors (Lipinski definition) is 3. The zero-order valence-corrected chi connectivity index (χ0v) is 16.8. The standard InChI is InChI=1S/C14H26N2O8S2/c1-10(2)25(20,21)15-6-5-12(9-13(17)18)14(19)24-8-7-16-26(22,23)11(3)4/h9-11,15-16H,5-8H2,1-4H3,(H,17,18). The second kappa shape index (κ2) is 10.6. The van der Waals surface area contributed by atoms with E-state index >= 15 is 0 Å². The monoisotopic (exact) mass is 414 g/mol. The van der Waals surface area contributed by atoms with Crippen molar-refractivity contribution in [3.05, 3.63) is 11.6 Å². The van der Waals surface area contributed by atoms with Crippen LogP contribution in [-0.2, 0) is 34.4 Å². The van der Waals surface area contributed by atoms with Crippen LogP contribution in [0.5, 0.6) is 0 Å². The number of nitrogens with one attached hydrogen (secondary N) is 2. The fourth-order valence-electron chi connectivity index (χ4n) is 1.46. The predicted octanol–water partition coefficient (Wildman–Crippen LogP) is -0.414. The van der Waals surface area contributed by atoms with Gasteiger partial charge in [-0.3, -0.25) is 0 Å². The molecule has 0 unspecified atom stereocenters. The first-order chi connectivity index (χ1) is 11.8. The van der Waals surface area contributed by atoms with Crippen LogP contribution >= 0.6 is 0 Å². The minimum Gasteiger partial charge on any atom is -0.478 e. The molecule has 0 saturated carbocycles. The topological polar surface area (TPSA) is 156 Å². The molecular weight excluding hydrogens is 388 g/mol. The molecule has 0 heterocycles. The molecule has 0 aromatic heterocycles. The van der Waals surface area contributed by atoms with Gasteiger partial charge in [0, 0.05) is 24.7 Å². The van der Waals surface area contributed by atoms with Crippen LogP contribution in [0, 0.1) is 0 Å². The average Bonchev–Trinajstić information content (AvgIpc) is 2.49. The summed E-state index contributed by atoms with van der Waals surface area (Å²) in [7, 11) is -7.05. The molecule has 0 radical (unpaired) electrons. The lowest BCUT2D eigenvalue weighted by Gasteiger charge is -2.12. The third kappa shape index (κ3) is 9.27. The molecule has 0 atom stereocenters. The van der Waals surface area contributed by atoms with E-state index in [9.17, 15) is 26.4 Å². The molecule has 3 N–H and O–H groups in total. The van der Waals surface area contributed by atoms with Crippen LogP contribution in [0.25, 0.3) is 0 Å². The summed E-state index contributed by atoms with van der Waals surface area (Å²) >= 11 is 0. The van der Waals surface area contributed by atoms with Crippen LogP contribution in [0.4, 0.5) is 0 Å². The molecule has 10 nitrogen and oxygen atoms in total. The summed E-state index contributed by atoms with van der Waals surface area (Å²) in [6.07, 6.45) is 0.444. The third-order valence-electron chi connectivity index (χ3n) is 3.14. The van der Waals surface area contributed by atoms with Gasteiger partial charge in [-0.1, -0.05) is 0 Å². The Morgan fingerprint density at radius 3 is 1.85 bits per heavy atom. The van der Waals surface area contributed by atoms with Crippen LogP contribution in [0.3, 0.4) is 0 Å². The zero-order valence-electron chi connectivity index (χ0n) is 15.2. The fraction of sp³-hybridized carbons (Fsp3) is 0.714. The predicted molar refractivity (Wildman–Crippen MR) is 95.4 cm³/mol.